The highest BCUT2D eigenvalue weighted by molar-refractivity contribution is 5.80. The standard InChI is InChI=1S/C26H39NO15/c1-26(2,3)42-25(37)27-13(22(35)36)8-11-4-6-12(7-5-11)38-24-20(34)21(17(31)15(10-29)40-24)41-23-19(33)18(32)16(30)14(9-28)39-23/h4-7,13-21,23-24,28-34H,8-10H2,1-3H3,(H,27,37)(H,35,36)/t13-,14+,15+,16+,17+,18-,19+,20+,21-,23+,24+/m0/s1. The van der Waals surface area contributed by atoms with Gasteiger partial charge in [0.15, 0.2) is 6.29 Å². The Morgan fingerprint density at radius 1 is 0.857 bits per heavy atom. The van der Waals surface area contributed by atoms with Crippen molar-refractivity contribution >= 4 is 12.1 Å². The van der Waals surface area contributed by atoms with Crippen LogP contribution in [0, 0.1) is 0 Å². The number of aliphatic carboxylic acids is 1. The number of carbonyl (C=O) groups is 2. The van der Waals surface area contributed by atoms with E-state index in [0.29, 0.717) is 5.56 Å². The maximum Gasteiger partial charge on any atom is 0.408 e. The third-order valence-electron chi connectivity index (χ3n) is 6.57. The molecule has 0 spiro atoms. The summed E-state index contributed by atoms with van der Waals surface area (Å²) >= 11 is 0. The van der Waals surface area contributed by atoms with Gasteiger partial charge < -0.3 is 69.9 Å². The number of carbonyl (C=O) groups excluding carboxylic acids is 1. The quantitative estimate of drug-likeness (QED) is 0.131. The second-order valence-electron chi connectivity index (χ2n) is 11.0. The van der Waals surface area contributed by atoms with Crippen molar-refractivity contribution in [1.82, 2.24) is 5.32 Å². The van der Waals surface area contributed by atoms with Gasteiger partial charge in [-0.05, 0) is 38.5 Å². The first-order valence-electron chi connectivity index (χ1n) is 13.2. The van der Waals surface area contributed by atoms with Crippen LogP contribution in [0.3, 0.4) is 0 Å². The fraction of sp³-hybridized carbons (Fsp3) is 0.692. The maximum atomic E-state index is 12.0. The second-order valence-corrected chi connectivity index (χ2v) is 11.0. The summed E-state index contributed by atoms with van der Waals surface area (Å²) in [6.45, 7) is 3.47. The summed E-state index contributed by atoms with van der Waals surface area (Å²) in [6, 6.07) is 4.60. The highest BCUT2D eigenvalue weighted by atomic mass is 16.7. The average Bonchev–Trinajstić information content (AvgIpc) is 2.92. The van der Waals surface area contributed by atoms with Crippen LogP contribution in [0.4, 0.5) is 4.79 Å². The van der Waals surface area contributed by atoms with E-state index in [0.717, 1.165) is 0 Å². The van der Waals surface area contributed by atoms with E-state index in [1.165, 1.54) is 24.3 Å². The van der Waals surface area contributed by atoms with Crippen molar-refractivity contribution in [2.75, 3.05) is 13.2 Å². The van der Waals surface area contributed by atoms with E-state index in [4.69, 9.17) is 23.7 Å². The molecule has 1 amide bonds. The van der Waals surface area contributed by atoms with Gasteiger partial charge in [-0.1, -0.05) is 12.1 Å². The van der Waals surface area contributed by atoms with E-state index in [1.54, 1.807) is 20.8 Å². The van der Waals surface area contributed by atoms with E-state index in [-0.39, 0.29) is 12.2 Å². The van der Waals surface area contributed by atoms with Crippen LogP contribution < -0.4 is 10.1 Å². The van der Waals surface area contributed by atoms with Gasteiger partial charge in [0.25, 0.3) is 0 Å². The Morgan fingerprint density at radius 3 is 1.98 bits per heavy atom. The molecule has 0 unspecified atom stereocenters. The first-order chi connectivity index (χ1) is 19.6. The molecule has 2 aliphatic rings. The van der Waals surface area contributed by atoms with Crippen LogP contribution >= 0.6 is 0 Å². The molecule has 3 rings (SSSR count). The van der Waals surface area contributed by atoms with Gasteiger partial charge in [-0.25, -0.2) is 9.59 Å². The van der Waals surface area contributed by atoms with Crippen molar-refractivity contribution in [3.63, 3.8) is 0 Å². The molecule has 16 nitrogen and oxygen atoms in total. The molecule has 0 radical (unpaired) electrons. The van der Waals surface area contributed by atoms with Crippen LogP contribution in [-0.2, 0) is 30.2 Å². The minimum Gasteiger partial charge on any atom is -0.480 e. The summed E-state index contributed by atoms with van der Waals surface area (Å²) in [5, 5.41) is 82.7. The van der Waals surface area contributed by atoms with E-state index in [1.807, 2.05) is 0 Å². The van der Waals surface area contributed by atoms with E-state index >= 15 is 0 Å². The van der Waals surface area contributed by atoms with Crippen molar-refractivity contribution in [1.29, 1.82) is 0 Å². The summed E-state index contributed by atoms with van der Waals surface area (Å²) < 4.78 is 27.1. The monoisotopic (exact) mass is 605 g/mol. The number of alkyl carbamates (subject to hydrolysis) is 1. The molecular weight excluding hydrogens is 566 g/mol. The number of carboxylic acid groups (broad SMARTS) is 1. The molecule has 0 aromatic heterocycles. The number of aliphatic hydroxyl groups is 7. The fourth-order valence-electron chi connectivity index (χ4n) is 4.37. The van der Waals surface area contributed by atoms with Crippen molar-refractivity contribution in [2.45, 2.75) is 100 Å². The van der Waals surface area contributed by atoms with Gasteiger partial charge in [0.1, 0.15) is 66.2 Å². The summed E-state index contributed by atoms with van der Waals surface area (Å²) in [7, 11) is 0. The zero-order chi connectivity index (χ0) is 31.4. The molecule has 9 N–H and O–H groups in total. The summed E-state index contributed by atoms with van der Waals surface area (Å²) in [4.78, 5) is 23.7. The number of hydrogen-bond acceptors (Lipinski definition) is 14. The highest BCUT2D eigenvalue weighted by Crippen LogP contribution is 2.30. The van der Waals surface area contributed by atoms with Crippen LogP contribution in [0.15, 0.2) is 24.3 Å². The van der Waals surface area contributed by atoms with Crippen molar-refractivity contribution in [3.05, 3.63) is 29.8 Å². The normalized spacial score (nSPS) is 34.3. The van der Waals surface area contributed by atoms with Gasteiger partial charge in [-0.15, -0.1) is 0 Å². The minimum atomic E-state index is -1.82. The lowest BCUT2D eigenvalue weighted by Gasteiger charge is -2.45. The average molecular weight is 606 g/mol. The molecule has 0 saturated carbocycles. The molecule has 2 aliphatic heterocycles. The molecule has 1 aromatic carbocycles. The molecule has 2 saturated heterocycles. The van der Waals surface area contributed by atoms with E-state index < -0.39 is 98.3 Å². The summed E-state index contributed by atoms with van der Waals surface area (Å²) in [5.74, 6) is -1.14. The molecule has 2 fully saturated rings. The van der Waals surface area contributed by atoms with Crippen molar-refractivity contribution < 1.29 is 74.1 Å². The predicted octanol–water partition coefficient (Wildman–Crippen LogP) is -2.79. The summed E-state index contributed by atoms with van der Waals surface area (Å²) in [5.41, 5.74) is -0.314. The van der Waals surface area contributed by atoms with Crippen LogP contribution in [0.25, 0.3) is 0 Å². The molecule has 1 aromatic rings. The zero-order valence-corrected chi connectivity index (χ0v) is 23.2. The Balaban J connectivity index is 1.68. The third kappa shape index (κ3) is 8.47. The molecule has 16 heteroatoms. The minimum absolute atomic E-state index is 0.0921. The van der Waals surface area contributed by atoms with Crippen LogP contribution in [0.1, 0.15) is 26.3 Å². The lowest BCUT2D eigenvalue weighted by atomic mass is 9.97. The number of aliphatic hydroxyl groups excluding tert-OH is 7. The topological polar surface area (TPSA) is 254 Å². The van der Waals surface area contributed by atoms with Crippen LogP contribution in [0.5, 0.6) is 5.75 Å². The first-order valence-corrected chi connectivity index (χ1v) is 13.2. The van der Waals surface area contributed by atoms with Gasteiger partial charge >= 0.3 is 12.1 Å². The number of carboxylic acids is 1. The van der Waals surface area contributed by atoms with Crippen LogP contribution in [0.2, 0.25) is 0 Å². The molecule has 2 heterocycles. The highest BCUT2D eigenvalue weighted by Gasteiger charge is 2.51. The second kappa shape index (κ2) is 14.2. The molecular formula is C26H39NO15. The van der Waals surface area contributed by atoms with Crippen molar-refractivity contribution in [3.8, 4) is 5.75 Å². The number of rotatable bonds is 10. The Labute approximate surface area is 241 Å². The van der Waals surface area contributed by atoms with Crippen molar-refractivity contribution in [2.24, 2.45) is 0 Å². The molecule has 0 bridgehead atoms. The molecule has 11 atom stereocenters. The number of ether oxygens (including phenoxy) is 5. The van der Waals surface area contributed by atoms with Gasteiger partial charge in [-0.3, -0.25) is 0 Å². The third-order valence-corrected chi connectivity index (χ3v) is 6.57. The van der Waals surface area contributed by atoms with Gasteiger partial charge in [-0.2, -0.15) is 0 Å². The van der Waals surface area contributed by atoms with Gasteiger partial charge in [0, 0.05) is 6.42 Å². The summed E-state index contributed by atoms with van der Waals surface area (Å²) in [6.07, 6.45) is -17.0. The lowest BCUT2D eigenvalue weighted by molar-refractivity contribution is -0.352. The molecule has 238 valence electrons. The Hall–Kier alpha value is -2.64. The predicted molar refractivity (Wildman–Crippen MR) is 138 cm³/mol. The Bertz CT molecular complexity index is 1030. The maximum absolute atomic E-state index is 12.0. The smallest absolute Gasteiger partial charge is 0.408 e. The number of hydrogen-bond donors (Lipinski definition) is 9. The van der Waals surface area contributed by atoms with Gasteiger partial charge in [0.05, 0.1) is 13.2 Å². The van der Waals surface area contributed by atoms with Gasteiger partial charge in [0.2, 0.25) is 6.29 Å². The van der Waals surface area contributed by atoms with Crippen LogP contribution in [-0.4, -0.2) is 139 Å². The first kappa shape index (κ1) is 33.9. The SMILES string of the molecule is CC(C)(C)OC(=O)N[C@@H](Cc1ccc(O[C@@H]2O[C@H](CO)[C@@H](O)[C@H](O[C@H]3O[C@H](CO)[C@@H](O)[C@H](O)[C@H]3O)[C@H]2O)cc1)C(=O)O. The lowest BCUT2D eigenvalue weighted by Crippen LogP contribution is -2.65. The Morgan fingerprint density at radius 2 is 1.43 bits per heavy atom. The van der Waals surface area contributed by atoms with E-state index in [9.17, 15) is 50.4 Å². The van der Waals surface area contributed by atoms with E-state index in [2.05, 4.69) is 5.32 Å². The Kier molecular flexibility index (Phi) is 11.5. The molecule has 42 heavy (non-hydrogen) atoms. The zero-order valence-electron chi connectivity index (χ0n) is 23.2. The fourth-order valence-corrected chi connectivity index (χ4v) is 4.37. The largest absolute Gasteiger partial charge is 0.480 e. The number of nitrogens with one attached hydrogen (secondary N) is 1. The number of amides is 1. The molecule has 0 aliphatic carbocycles. The number of benzene rings is 1.